The minimum absolute atomic E-state index is 0.391. The van der Waals surface area contributed by atoms with Gasteiger partial charge in [-0.2, -0.15) is 0 Å². The third-order valence-electron chi connectivity index (χ3n) is 4.44. The lowest BCUT2D eigenvalue weighted by Crippen LogP contribution is -2.38. The fraction of sp³-hybridized carbons (Fsp3) is 0.647. The highest BCUT2D eigenvalue weighted by atomic mass is 19.1. The molecule has 1 saturated carbocycles. The van der Waals surface area contributed by atoms with Crippen LogP contribution in [0.15, 0.2) is 12.1 Å². The number of methoxy groups -OCH3 is 2. The van der Waals surface area contributed by atoms with Crippen molar-refractivity contribution in [1.82, 2.24) is 0 Å². The van der Waals surface area contributed by atoms with Gasteiger partial charge in [0.15, 0.2) is 11.5 Å². The molecule has 118 valence electrons. The van der Waals surface area contributed by atoms with Crippen molar-refractivity contribution < 1.29 is 13.9 Å². The number of ether oxygens (including phenoxy) is 2. The molecule has 0 amide bonds. The van der Waals surface area contributed by atoms with E-state index in [1.807, 2.05) is 12.1 Å². The van der Waals surface area contributed by atoms with E-state index in [0.29, 0.717) is 17.1 Å². The quantitative estimate of drug-likeness (QED) is 0.912. The number of alkyl halides is 1. The first-order valence-corrected chi connectivity index (χ1v) is 7.56. The number of hydrogen-bond donors (Lipinski definition) is 1. The summed E-state index contributed by atoms with van der Waals surface area (Å²) < 4.78 is 25.3. The monoisotopic (exact) mass is 295 g/mol. The van der Waals surface area contributed by atoms with E-state index in [2.05, 4.69) is 0 Å². The molecule has 0 unspecified atom stereocenters. The summed E-state index contributed by atoms with van der Waals surface area (Å²) in [4.78, 5) is 0. The summed E-state index contributed by atoms with van der Waals surface area (Å²) in [6, 6.07) is 3.76. The zero-order valence-corrected chi connectivity index (χ0v) is 13.5. The number of hydrogen-bond acceptors (Lipinski definition) is 3. The maximum absolute atomic E-state index is 14.6. The highest BCUT2D eigenvalue weighted by molar-refractivity contribution is 5.53. The molecular weight excluding hydrogens is 269 g/mol. The maximum atomic E-state index is 14.6. The Labute approximate surface area is 126 Å². The topological polar surface area (TPSA) is 44.5 Å². The van der Waals surface area contributed by atoms with Crippen molar-refractivity contribution in [3.63, 3.8) is 0 Å². The lowest BCUT2D eigenvalue weighted by Gasteiger charge is -2.35. The molecule has 0 atom stereocenters. The minimum atomic E-state index is -1.51. The molecule has 4 heteroatoms. The molecule has 1 fully saturated rings. The summed E-state index contributed by atoms with van der Waals surface area (Å²) in [5.41, 5.74) is 6.12. The van der Waals surface area contributed by atoms with E-state index in [1.54, 1.807) is 7.11 Å². The van der Waals surface area contributed by atoms with Gasteiger partial charge in [0.05, 0.1) is 14.2 Å². The van der Waals surface area contributed by atoms with E-state index < -0.39 is 11.2 Å². The summed E-state index contributed by atoms with van der Waals surface area (Å²) in [6.45, 7) is 3.05. The molecule has 2 N–H and O–H groups in total. The van der Waals surface area contributed by atoms with Gasteiger partial charge in [0.25, 0.3) is 0 Å². The third kappa shape index (κ3) is 3.15. The highest BCUT2D eigenvalue weighted by Gasteiger charge is 2.34. The van der Waals surface area contributed by atoms with Gasteiger partial charge < -0.3 is 15.2 Å². The predicted molar refractivity (Wildman–Crippen MR) is 82.6 cm³/mol. The van der Waals surface area contributed by atoms with Gasteiger partial charge in [-0.05, 0) is 44.4 Å². The van der Waals surface area contributed by atoms with Crippen LogP contribution in [0.3, 0.4) is 0 Å². The molecule has 0 heterocycles. The normalized spacial score (nSPS) is 18.4. The van der Waals surface area contributed by atoms with Crippen LogP contribution < -0.4 is 15.2 Å². The Morgan fingerprint density at radius 2 is 1.71 bits per heavy atom. The van der Waals surface area contributed by atoms with Gasteiger partial charge in [-0.1, -0.05) is 19.3 Å². The molecule has 1 aromatic rings. The molecule has 0 saturated heterocycles. The number of benzene rings is 1. The van der Waals surface area contributed by atoms with Crippen molar-refractivity contribution >= 4 is 0 Å². The largest absolute Gasteiger partial charge is 0.493 e. The van der Waals surface area contributed by atoms with E-state index >= 15 is 0 Å². The number of rotatable bonds is 4. The second-order valence-corrected chi connectivity index (χ2v) is 6.45. The van der Waals surface area contributed by atoms with Crippen molar-refractivity contribution in [3.05, 3.63) is 23.3 Å². The van der Waals surface area contributed by atoms with E-state index in [0.717, 1.165) is 31.2 Å². The average Bonchev–Trinajstić information content (AvgIpc) is 2.45. The van der Waals surface area contributed by atoms with Crippen LogP contribution in [-0.2, 0) is 11.2 Å². The first-order chi connectivity index (χ1) is 9.81. The standard InChI is InChI=1S/C17H26FNO2/c1-16(2,18)13-10-12(11-14(20-3)15(13)21-4)17(19)8-6-5-7-9-17/h10-11H,5-9,19H2,1-4H3. The van der Waals surface area contributed by atoms with Gasteiger partial charge in [0, 0.05) is 11.1 Å². The van der Waals surface area contributed by atoms with Crippen LogP contribution in [0.5, 0.6) is 11.5 Å². The lowest BCUT2D eigenvalue weighted by molar-refractivity contribution is 0.209. The third-order valence-corrected chi connectivity index (χ3v) is 4.44. The Kier molecular flexibility index (Phi) is 4.47. The summed E-state index contributed by atoms with van der Waals surface area (Å²) >= 11 is 0. The van der Waals surface area contributed by atoms with E-state index in [4.69, 9.17) is 15.2 Å². The van der Waals surface area contributed by atoms with Crippen molar-refractivity contribution in [2.24, 2.45) is 5.73 Å². The van der Waals surface area contributed by atoms with Crippen molar-refractivity contribution in [1.29, 1.82) is 0 Å². The Balaban J connectivity index is 2.57. The molecule has 2 rings (SSSR count). The first kappa shape index (κ1) is 16.1. The molecule has 0 bridgehead atoms. The molecule has 3 nitrogen and oxygen atoms in total. The van der Waals surface area contributed by atoms with E-state index in [1.165, 1.54) is 27.4 Å². The molecule has 0 aliphatic heterocycles. The minimum Gasteiger partial charge on any atom is -0.493 e. The van der Waals surface area contributed by atoms with Crippen molar-refractivity contribution in [3.8, 4) is 11.5 Å². The lowest BCUT2D eigenvalue weighted by atomic mass is 9.76. The highest BCUT2D eigenvalue weighted by Crippen LogP contribution is 2.44. The van der Waals surface area contributed by atoms with Crippen LogP contribution >= 0.6 is 0 Å². The second-order valence-electron chi connectivity index (χ2n) is 6.45. The number of nitrogens with two attached hydrogens (primary N) is 1. The summed E-state index contributed by atoms with van der Waals surface area (Å²) in [6.07, 6.45) is 5.29. The van der Waals surface area contributed by atoms with Gasteiger partial charge in [-0.3, -0.25) is 0 Å². The zero-order valence-electron chi connectivity index (χ0n) is 13.5. The van der Waals surface area contributed by atoms with Gasteiger partial charge in [0.2, 0.25) is 0 Å². The van der Waals surface area contributed by atoms with Crippen LogP contribution in [0.2, 0.25) is 0 Å². The molecular formula is C17H26FNO2. The summed E-state index contributed by atoms with van der Waals surface area (Å²) in [5.74, 6) is 0.999. The van der Waals surface area contributed by atoms with Gasteiger partial charge in [-0.15, -0.1) is 0 Å². The van der Waals surface area contributed by atoms with Crippen LogP contribution in [0.1, 0.15) is 57.1 Å². The molecule has 1 aliphatic rings. The number of halogens is 1. The van der Waals surface area contributed by atoms with Crippen LogP contribution in [-0.4, -0.2) is 14.2 Å². The molecule has 21 heavy (non-hydrogen) atoms. The summed E-state index contributed by atoms with van der Waals surface area (Å²) in [7, 11) is 3.10. The molecule has 1 aliphatic carbocycles. The molecule has 0 spiro atoms. The SMILES string of the molecule is COc1cc(C2(N)CCCCC2)cc(C(C)(C)F)c1OC. The molecule has 0 aromatic heterocycles. The first-order valence-electron chi connectivity index (χ1n) is 7.56. The van der Waals surface area contributed by atoms with E-state index in [-0.39, 0.29) is 0 Å². The fourth-order valence-corrected chi connectivity index (χ4v) is 3.16. The summed E-state index contributed by atoms with van der Waals surface area (Å²) in [5, 5.41) is 0. The molecule has 1 aromatic carbocycles. The smallest absolute Gasteiger partial charge is 0.167 e. The Bertz CT molecular complexity index is 502. The molecule has 0 radical (unpaired) electrons. The van der Waals surface area contributed by atoms with Gasteiger partial charge in [-0.25, -0.2) is 4.39 Å². The van der Waals surface area contributed by atoms with Crippen LogP contribution in [0.25, 0.3) is 0 Å². The van der Waals surface area contributed by atoms with Gasteiger partial charge >= 0.3 is 0 Å². The Hall–Kier alpha value is -1.29. The maximum Gasteiger partial charge on any atom is 0.167 e. The Morgan fingerprint density at radius 1 is 1.10 bits per heavy atom. The van der Waals surface area contributed by atoms with Crippen LogP contribution in [0, 0.1) is 0 Å². The predicted octanol–water partition coefficient (Wildman–Crippen LogP) is 4.03. The van der Waals surface area contributed by atoms with Crippen molar-refractivity contribution in [2.75, 3.05) is 14.2 Å². The van der Waals surface area contributed by atoms with Gasteiger partial charge in [0.1, 0.15) is 5.67 Å². The fourth-order valence-electron chi connectivity index (χ4n) is 3.16. The average molecular weight is 295 g/mol. The second kappa shape index (κ2) is 5.84. The van der Waals surface area contributed by atoms with E-state index in [9.17, 15) is 4.39 Å². The zero-order chi connectivity index (χ0) is 15.7. The van der Waals surface area contributed by atoms with Crippen LogP contribution in [0.4, 0.5) is 4.39 Å². The Morgan fingerprint density at radius 3 is 2.19 bits per heavy atom. The van der Waals surface area contributed by atoms with Crippen molar-refractivity contribution in [2.45, 2.75) is 57.2 Å².